The van der Waals surface area contributed by atoms with Crippen LogP contribution in [0.2, 0.25) is 0 Å². The van der Waals surface area contributed by atoms with Crippen molar-refractivity contribution in [1.29, 1.82) is 0 Å². The summed E-state index contributed by atoms with van der Waals surface area (Å²) in [5.74, 6) is 0. The van der Waals surface area contributed by atoms with Crippen molar-refractivity contribution in [3.8, 4) is 0 Å². The van der Waals surface area contributed by atoms with E-state index in [0.717, 1.165) is 19.3 Å². The minimum absolute atomic E-state index is 0.520. The predicted molar refractivity (Wildman–Crippen MR) is 59.4 cm³/mol. The number of nitrogens with zero attached hydrogens (tertiary/aromatic N) is 1. The lowest BCUT2D eigenvalue weighted by molar-refractivity contribution is 0.402. The molecule has 0 atom stereocenters. The Morgan fingerprint density at radius 2 is 1.50 bits per heavy atom. The van der Waals surface area contributed by atoms with E-state index in [2.05, 4.69) is 4.72 Å². The summed E-state index contributed by atoms with van der Waals surface area (Å²) in [6.07, 6.45) is 2.53. The molecule has 0 saturated heterocycles. The summed E-state index contributed by atoms with van der Waals surface area (Å²) in [5.41, 5.74) is 0. The zero-order chi connectivity index (χ0) is 11.0. The van der Waals surface area contributed by atoms with Gasteiger partial charge in [-0.1, -0.05) is 20.8 Å². The Morgan fingerprint density at radius 3 is 1.86 bits per heavy atom. The molecule has 0 saturated carbocycles. The maximum atomic E-state index is 11.7. The van der Waals surface area contributed by atoms with Gasteiger partial charge in [-0.15, -0.1) is 0 Å². The first-order valence-electron chi connectivity index (χ1n) is 5.33. The van der Waals surface area contributed by atoms with E-state index in [9.17, 15) is 8.42 Å². The van der Waals surface area contributed by atoms with Gasteiger partial charge in [0.1, 0.15) is 0 Å². The van der Waals surface area contributed by atoms with E-state index in [1.165, 1.54) is 4.31 Å². The summed E-state index contributed by atoms with van der Waals surface area (Å²) in [4.78, 5) is 0. The topological polar surface area (TPSA) is 49.4 Å². The largest absolute Gasteiger partial charge is 0.279 e. The van der Waals surface area contributed by atoms with Crippen LogP contribution in [0.1, 0.15) is 40.0 Å². The normalized spacial score (nSPS) is 12.3. The lowest BCUT2D eigenvalue weighted by Crippen LogP contribution is -2.41. The van der Waals surface area contributed by atoms with Crippen molar-refractivity contribution in [3.05, 3.63) is 0 Å². The molecule has 0 heterocycles. The average Bonchev–Trinajstić information content (AvgIpc) is 2.14. The second kappa shape index (κ2) is 7.20. The molecule has 14 heavy (non-hydrogen) atoms. The summed E-state index contributed by atoms with van der Waals surface area (Å²) in [6.45, 7) is 7.65. The second-order valence-electron chi connectivity index (χ2n) is 3.30. The zero-order valence-electron chi connectivity index (χ0n) is 9.41. The fraction of sp³-hybridized carbons (Fsp3) is 1.00. The van der Waals surface area contributed by atoms with Gasteiger partial charge in [0.15, 0.2) is 0 Å². The molecule has 0 unspecified atom stereocenters. The summed E-state index contributed by atoms with van der Waals surface area (Å²) < 4.78 is 27.5. The molecule has 0 fully saturated rings. The molecular formula is C9H22N2O2S. The van der Waals surface area contributed by atoms with Gasteiger partial charge in [-0.25, -0.2) is 4.72 Å². The van der Waals surface area contributed by atoms with Crippen molar-refractivity contribution in [3.63, 3.8) is 0 Å². The highest BCUT2D eigenvalue weighted by molar-refractivity contribution is 7.87. The predicted octanol–water partition coefficient (Wildman–Crippen LogP) is 1.35. The first-order valence-corrected chi connectivity index (χ1v) is 6.77. The lowest BCUT2D eigenvalue weighted by atomic mass is 10.4. The third-order valence-corrected chi connectivity index (χ3v) is 3.43. The van der Waals surface area contributed by atoms with Crippen LogP contribution in [0, 0.1) is 0 Å². The molecule has 0 aliphatic carbocycles. The highest BCUT2D eigenvalue weighted by Crippen LogP contribution is 2.01. The summed E-state index contributed by atoms with van der Waals surface area (Å²) in [5, 5.41) is 0. The molecule has 0 amide bonds. The van der Waals surface area contributed by atoms with Crippen LogP contribution in [0.25, 0.3) is 0 Å². The van der Waals surface area contributed by atoms with Crippen LogP contribution in [-0.2, 0) is 10.2 Å². The van der Waals surface area contributed by atoms with Gasteiger partial charge < -0.3 is 0 Å². The minimum atomic E-state index is -3.23. The Morgan fingerprint density at radius 1 is 1.00 bits per heavy atom. The standard InChI is InChI=1S/C9H22N2O2S/c1-4-7-10-14(12,13)11(8-5-2)9-6-3/h10H,4-9H2,1-3H3. The van der Waals surface area contributed by atoms with Gasteiger partial charge in [-0.05, 0) is 19.3 Å². The van der Waals surface area contributed by atoms with Crippen molar-refractivity contribution >= 4 is 10.2 Å². The number of hydrogen-bond acceptors (Lipinski definition) is 2. The Bertz CT molecular complexity index is 221. The van der Waals surface area contributed by atoms with E-state index in [4.69, 9.17) is 0 Å². The van der Waals surface area contributed by atoms with Crippen molar-refractivity contribution < 1.29 is 8.42 Å². The van der Waals surface area contributed by atoms with Crippen LogP contribution in [-0.4, -0.2) is 32.4 Å². The molecule has 0 aromatic carbocycles. The molecule has 0 aliphatic rings. The monoisotopic (exact) mass is 222 g/mol. The molecule has 0 radical (unpaired) electrons. The molecule has 86 valence electrons. The van der Waals surface area contributed by atoms with Gasteiger partial charge in [0.05, 0.1) is 0 Å². The molecule has 5 heteroatoms. The van der Waals surface area contributed by atoms with Crippen LogP contribution >= 0.6 is 0 Å². The Kier molecular flexibility index (Phi) is 7.13. The SMILES string of the molecule is CCCNS(=O)(=O)N(CCC)CCC. The third kappa shape index (κ3) is 4.93. The minimum Gasteiger partial charge on any atom is -0.202 e. The average molecular weight is 222 g/mol. The lowest BCUT2D eigenvalue weighted by Gasteiger charge is -2.20. The van der Waals surface area contributed by atoms with Gasteiger partial charge in [0, 0.05) is 19.6 Å². The van der Waals surface area contributed by atoms with Crippen molar-refractivity contribution in [1.82, 2.24) is 9.03 Å². The van der Waals surface area contributed by atoms with E-state index in [0.29, 0.717) is 19.6 Å². The molecule has 0 aromatic rings. The molecule has 0 spiro atoms. The summed E-state index contributed by atoms with van der Waals surface area (Å²) in [6, 6.07) is 0. The van der Waals surface area contributed by atoms with Crippen LogP contribution in [0.5, 0.6) is 0 Å². The molecule has 1 N–H and O–H groups in total. The van der Waals surface area contributed by atoms with Gasteiger partial charge in [-0.3, -0.25) is 0 Å². The van der Waals surface area contributed by atoms with E-state index in [1.807, 2.05) is 20.8 Å². The maximum absolute atomic E-state index is 11.7. The van der Waals surface area contributed by atoms with Crippen molar-refractivity contribution in [2.45, 2.75) is 40.0 Å². The van der Waals surface area contributed by atoms with E-state index < -0.39 is 10.2 Å². The Balaban J connectivity index is 4.29. The quantitative estimate of drug-likeness (QED) is 0.674. The number of nitrogens with one attached hydrogen (secondary N) is 1. The first-order chi connectivity index (χ1) is 6.58. The molecule has 0 aromatic heterocycles. The number of rotatable bonds is 8. The van der Waals surface area contributed by atoms with Crippen LogP contribution < -0.4 is 4.72 Å². The second-order valence-corrected chi connectivity index (χ2v) is 5.05. The molecular weight excluding hydrogens is 200 g/mol. The smallest absolute Gasteiger partial charge is 0.202 e. The van der Waals surface area contributed by atoms with Gasteiger partial charge in [0.25, 0.3) is 10.2 Å². The summed E-state index contributed by atoms with van der Waals surface area (Å²) >= 11 is 0. The van der Waals surface area contributed by atoms with E-state index in [-0.39, 0.29) is 0 Å². The Labute approximate surface area is 87.9 Å². The van der Waals surface area contributed by atoms with Gasteiger partial charge in [-0.2, -0.15) is 12.7 Å². The summed E-state index contributed by atoms with van der Waals surface area (Å²) in [7, 11) is -3.23. The highest BCUT2D eigenvalue weighted by Gasteiger charge is 2.18. The molecule has 4 nitrogen and oxygen atoms in total. The Hall–Kier alpha value is -0.130. The molecule has 0 bridgehead atoms. The highest BCUT2D eigenvalue weighted by atomic mass is 32.2. The van der Waals surface area contributed by atoms with Crippen molar-refractivity contribution in [2.24, 2.45) is 0 Å². The van der Waals surface area contributed by atoms with Gasteiger partial charge in [0.2, 0.25) is 0 Å². The fourth-order valence-corrected chi connectivity index (χ4v) is 2.66. The van der Waals surface area contributed by atoms with Gasteiger partial charge >= 0.3 is 0 Å². The first kappa shape index (κ1) is 13.9. The maximum Gasteiger partial charge on any atom is 0.279 e. The van der Waals surface area contributed by atoms with E-state index in [1.54, 1.807) is 0 Å². The van der Waals surface area contributed by atoms with Crippen LogP contribution in [0.15, 0.2) is 0 Å². The van der Waals surface area contributed by atoms with Crippen molar-refractivity contribution in [2.75, 3.05) is 19.6 Å². The van der Waals surface area contributed by atoms with E-state index >= 15 is 0 Å². The molecule has 0 aliphatic heterocycles. The molecule has 0 rings (SSSR count). The van der Waals surface area contributed by atoms with Crippen LogP contribution in [0.4, 0.5) is 0 Å². The zero-order valence-corrected chi connectivity index (χ0v) is 10.2. The number of hydrogen-bond donors (Lipinski definition) is 1. The third-order valence-electron chi connectivity index (χ3n) is 1.82. The fourth-order valence-electron chi connectivity index (χ4n) is 1.17. The van der Waals surface area contributed by atoms with Crippen LogP contribution in [0.3, 0.4) is 0 Å².